The summed E-state index contributed by atoms with van der Waals surface area (Å²) < 4.78 is 31.6. The van der Waals surface area contributed by atoms with Gasteiger partial charge in [0.05, 0.1) is 13.7 Å². The second kappa shape index (κ2) is 7.29. The smallest absolute Gasteiger partial charge is 0.247 e. The van der Waals surface area contributed by atoms with Gasteiger partial charge in [-0.15, -0.1) is 6.42 Å². The molecule has 0 bridgehead atoms. The first-order valence-electron chi connectivity index (χ1n) is 6.26. The van der Waals surface area contributed by atoms with Gasteiger partial charge in [0, 0.05) is 13.1 Å². The second-order valence-electron chi connectivity index (χ2n) is 4.15. The van der Waals surface area contributed by atoms with E-state index in [0.29, 0.717) is 18.8 Å². The summed E-state index contributed by atoms with van der Waals surface area (Å²) in [4.78, 5) is 0.143. The molecule has 0 amide bonds. The molecule has 0 fully saturated rings. The van der Waals surface area contributed by atoms with Gasteiger partial charge < -0.3 is 10.1 Å². The zero-order valence-corrected chi connectivity index (χ0v) is 12.8. The molecule has 0 spiro atoms. The van der Waals surface area contributed by atoms with Gasteiger partial charge in [-0.25, -0.2) is 8.42 Å². The molecule has 0 saturated heterocycles. The van der Waals surface area contributed by atoms with E-state index in [4.69, 9.17) is 11.2 Å². The van der Waals surface area contributed by atoms with E-state index in [0.717, 1.165) is 5.56 Å². The summed E-state index contributed by atoms with van der Waals surface area (Å²) in [5.74, 6) is 2.69. The maximum atomic E-state index is 12.6. The fourth-order valence-electron chi connectivity index (χ4n) is 1.84. The van der Waals surface area contributed by atoms with Gasteiger partial charge in [0.1, 0.15) is 10.6 Å². The maximum Gasteiger partial charge on any atom is 0.247 e. The Morgan fingerprint density at radius 3 is 2.65 bits per heavy atom. The monoisotopic (exact) mass is 296 g/mol. The predicted octanol–water partition coefficient (Wildman–Crippen LogP) is 1.06. The molecule has 0 aliphatic rings. The summed E-state index contributed by atoms with van der Waals surface area (Å²) in [5, 5.41) is 2.99. The molecule has 110 valence electrons. The van der Waals surface area contributed by atoms with E-state index in [1.54, 1.807) is 26.1 Å². The number of sulfonamides is 1. The largest absolute Gasteiger partial charge is 0.495 e. The van der Waals surface area contributed by atoms with Crippen LogP contribution in [-0.2, 0) is 16.6 Å². The average molecular weight is 296 g/mol. The van der Waals surface area contributed by atoms with Gasteiger partial charge in [0.15, 0.2) is 0 Å². The number of rotatable bonds is 7. The highest BCUT2D eigenvalue weighted by atomic mass is 32.2. The fourth-order valence-corrected chi connectivity index (χ4v) is 3.41. The standard InChI is InChI=1S/C14H20N2O3S/c1-5-9-16(6-2)20(17,18)14-10-12(11-15-3)7-8-13(14)19-4/h1,7-8,10,15H,6,9,11H2,2-4H3. The molecule has 0 unspecified atom stereocenters. The molecule has 0 heterocycles. The Kier molecular flexibility index (Phi) is 6.02. The van der Waals surface area contributed by atoms with Crippen LogP contribution in [0, 0.1) is 12.3 Å². The molecule has 1 aromatic rings. The predicted molar refractivity (Wildman–Crippen MR) is 79.0 cm³/mol. The molecule has 1 aromatic carbocycles. The first-order valence-corrected chi connectivity index (χ1v) is 7.70. The molecule has 0 saturated carbocycles. The van der Waals surface area contributed by atoms with Crippen molar-refractivity contribution in [1.82, 2.24) is 9.62 Å². The molecule has 5 nitrogen and oxygen atoms in total. The van der Waals surface area contributed by atoms with Crippen molar-refractivity contribution in [2.75, 3.05) is 27.2 Å². The molecular weight excluding hydrogens is 276 g/mol. The van der Waals surface area contributed by atoms with E-state index in [9.17, 15) is 8.42 Å². The van der Waals surface area contributed by atoms with Crippen LogP contribution in [0.5, 0.6) is 5.75 Å². The van der Waals surface area contributed by atoms with Crippen LogP contribution < -0.4 is 10.1 Å². The highest BCUT2D eigenvalue weighted by Crippen LogP contribution is 2.27. The number of benzene rings is 1. The summed E-state index contributed by atoms with van der Waals surface area (Å²) in [6.07, 6.45) is 5.23. The van der Waals surface area contributed by atoms with Crippen molar-refractivity contribution < 1.29 is 13.2 Å². The lowest BCUT2D eigenvalue weighted by molar-refractivity contribution is 0.397. The third-order valence-corrected chi connectivity index (χ3v) is 4.79. The topological polar surface area (TPSA) is 58.6 Å². The number of hydrogen-bond donors (Lipinski definition) is 1. The molecule has 1 rings (SSSR count). The first-order chi connectivity index (χ1) is 9.51. The fraction of sp³-hybridized carbons (Fsp3) is 0.429. The van der Waals surface area contributed by atoms with Crippen molar-refractivity contribution in [3.05, 3.63) is 23.8 Å². The summed E-state index contributed by atoms with van der Waals surface area (Å²) in [6.45, 7) is 2.68. The van der Waals surface area contributed by atoms with Crippen molar-refractivity contribution >= 4 is 10.0 Å². The van der Waals surface area contributed by atoms with Crippen LogP contribution in [0.3, 0.4) is 0 Å². The molecule has 0 aliphatic heterocycles. The quantitative estimate of drug-likeness (QED) is 0.764. The zero-order chi connectivity index (χ0) is 15.2. The number of methoxy groups -OCH3 is 1. The Morgan fingerprint density at radius 2 is 2.15 bits per heavy atom. The van der Waals surface area contributed by atoms with Crippen LogP contribution in [0.25, 0.3) is 0 Å². The molecular formula is C14H20N2O3S. The maximum absolute atomic E-state index is 12.6. The normalized spacial score (nSPS) is 11.3. The highest BCUT2D eigenvalue weighted by Gasteiger charge is 2.26. The summed E-state index contributed by atoms with van der Waals surface area (Å²) in [6, 6.07) is 5.10. The van der Waals surface area contributed by atoms with Gasteiger partial charge in [-0.2, -0.15) is 4.31 Å². The number of terminal acetylenes is 1. The third kappa shape index (κ3) is 3.51. The van der Waals surface area contributed by atoms with Gasteiger partial charge in [-0.3, -0.25) is 0 Å². The summed E-state index contributed by atoms with van der Waals surface area (Å²) in [7, 11) is -0.410. The molecule has 6 heteroatoms. The van der Waals surface area contributed by atoms with Crippen molar-refractivity contribution in [2.24, 2.45) is 0 Å². The lowest BCUT2D eigenvalue weighted by Crippen LogP contribution is -2.31. The summed E-state index contributed by atoms with van der Waals surface area (Å²) in [5.41, 5.74) is 0.864. The summed E-state index contributed by atoms with van der Waals surface area (Å²) >= 11 is 0. The van der Waals surface area contributed by atoms with E-state index in [1.165, 1.54) is 11.4 Å². The van der Waals surface area contributed by atoms with Crippen molar-refractivity contribution in [1.29, 1.82) is 0 Å². The average Bonchev–Trinajstić information content (AvgIpc) is 2.44. The van der Waals surface area contributed by atoms with Crippen LogP contribution in [0.4, 0.5) is 0 Å². The Bertz CT molecular complexity index is 591. The third-order valence-electron chi connectivity index (χ3n) is 2.85. The van der Waals surface area contributed by atoms with E-state index in [1.807, 2.05) is 6.07 Å². The minimum absolute atomic E-state index is 0.0399. The lowest BCUT2D eigenvalue weighted by atomic mass is 10.2. The Labute approximate surface area is 121 Å². The number of nitrogens with zero attached hydrogens (tertiary/aromatic N) is 1. The lowest BCUT2D eigenvalue weighted by Gasteiger charge is -2.20. The first kappa shape index (κ1) is 16.5. The van der Waals surface area contributed by atoms with Crippen LogP contribution >= 0.6 is 0 Å². The minimum atomic E-state index is -3.66. The molecule has 0 radical (unpaired) electrons. The minimum Gasteiger partial charge on any atom is -0.495 e. The van der Waals surface area contributed by atoms with E-state index in [2.05, 4.69) is 11.2 Å². The van der Waals surface area contributed by atoms with E-state index < -0.39 is 10.0 Å². The number of hydrogen-bond acceptors (Lipinski definition) is 4. The number of nitrogens with one attached hydrogen (secondary N) is 1. The Morgan fingerprint density at radius 1 is 1.45 bits per heavy atom. The SMILES string of the molecule is C#CCN(CC)S(=O)(=O)c1cc(CNC)ccc1OC. The van der Waals surface area contributed by atoms with Gasteiger partial charge in [0.25, 0.3) is 0 Å². The van der Waals surface area contributed by atoms with Crippen LogP contribution in [-0.4, -0.2) is 40.0 Å². The zero-order valence-electron chi connectivity index (χ0n) is 12.0. The van der Waals surface area contributed by atoms with Crippen molar-refractivity contribution in [2.45, 2.75) is 18.4 Å². The van der Waals surface area contributed by atoms with Crippen LogP contribution in [0.1, 0.15) is 12.5 Å². The molecule has 0 aliphatic carbocycles. The van der Waals surface area contributed by atoms with Crippen molar-refractivity contribution in [3.63, 3.8) is 0 Å². The molecule has 1 N–H and O–H groups in total. The van der Waals surface area contributed by atoms with Gasteiger partial charge in [-0.1, -0.05) is 18.9 Å². The Hall–Kier alpha value is -1.55. The van der Waals surface area contributed by atoms with Crippen LogP contribution in [0.15, 0.2) is 23.1 Å². The molecule has 0 aromatic heterocycles. The Balaban J connectivity index is 3.34. The van der Waals surface area contributed by atoms with Gasteiger partial charge in [0.2, 0.25) is 10.0 Å². The molecule has 20 heavy (non-hydrogen) atoms. The van der Waals surface area contributed by atoms with Crippen LogP contribution in [0.2, 0.25) is 0 Å². The van der Waals surface area contributed by atoms with Gasteiger partial charge >= 0.3 is 0 Å². The highest BCUT2D eigenvalue weighted by molar-refractivity contribution is 7.89. The molecule has 0 atom stereocenters. The van der Waals surface area contributed by atoms with Crippen molar-refractivity contribution in [3.8, 4) is 18.1 Å². The second-order valence-corrected chi connectivity index (χ2v) is 6.06. The van der Waals surface area contributed by atoms with E-state index >= 15 is 0 Å². The number of ether oxygens (including phenoxy) is 1. The van der Waals surface area contributed by atoms with Gasteiger partial charge in [-0.05, 0) is 24.7 Å². The van der Waals surface area contributed by atoms with E-state index in [-0.39, 0.29) is 11.4 Å².